The Hall–Kier alpha value is -0.130. The molecule has 0 saturated heterocycles. The van der Waals surface area contributed by atoms with Gasteiger partial charge < -0.3 is 15.2 Å². The number of ether oxygens (including phenoxy) is 1. The largest absolute Gasteiger partial charge is 0.396 e. The molecule has 0 bridgehead atoms. The van der Waals surface area contributed by atoms with E-state index in [1.54, 1.807) is 7.11 Å². The second kappa shape index (κ2) is 8.06. The standard InChI is InChI=1S/C12H17BrClNO2/c1-17-8-11(4-5-16)15-7-9-6-10(13)2-3-12(9)14/h2-3,6,11,15-16H,4-5,7-8H2,1H3. The Bertz CT molecular complexity index is 343. The summed E-state index contributed by atoms with van der Waals surface area (Å²) in [6.07, 6.45) is 0.666. The summed E-state index contributed by atoms with van der Waals surface area (Å²) in [7, 11) is 1.65. The summed E-state index contributed by atoms with van der Waals surface area (Å²) in [5.74, 6) is 0. The molecule has 0 aromatic heterocycles. The highest BCUT2D eigenvalue weighted by atomic mass is 79.9. The third-order valence-corrected chi connectivity index (χ3v) is 3.30. The van der Waals surface area contributed by atoms with E-state index in [2.05, 4.69) is 21.2 Å². The first-order valence-corrected chi connectivity index (χ1v) is 6.61. The summed E-state index contributed by atoms with van der Waals surface area (Å²) in [6, 6.07) is 5.89. The van der Waals surface area contributed by atoms with Crippen LogP contribution in [-0.4, -0.2) is 31.5 Å². The fraction of sp³-hybridized carbons (Fsp3) is 0.500. The summed E-state index contributed by atoms with van der Waals surface area (Å²) < 4.78 is 6.09. The van der Waals surface area contributed by atoms with E-state index in [9.17, 15) is 0 Å². The van der Waals surface area contributed by atoms with E-state index in [0.29, 0.717) is 19.6 Å². The van der Waals surface area contributed by atoms with E-state index in [1.807, 2.05) is 18.2 Å². The Labute approximate surface area is 115 Å². The first-order chi connectivity index (χ1) is 8.17. The highest BCUT2D eigenvalue weighted by Crippen LogP contribution is 2.20. The maximum Gasteiger partial charge on any atom is 0.0616 e. The molecule has 0 radical (unpaired) electrons. The fourth-order valence-electron chi connectivity index (χ4n) is 1.53. The van der Waals surface area contributed by atoms with Crippen LogP contribution in [0.15, 0.2) is 22.7 Å². The van der Waals surface area contributed by atoms with Gasteiger partial charge in [0, 0.05) is 35.8 Å². The van der Waals surface area contributed by atoms with Crippen LogP contribution in [0.2, 0.25) is 5.02 Å². The van der Waals surface area contributed by atoms with E-state index in [0.717, 1.165) is 15.1 Å². The van der Waals surface area contributed by atoms with Gasteiger partial charge in [0.05, 0.1) is 6.61 Å². The maximum atomic E-state index is 8.93. The number of hydrogen-bond donors (Lipinski definition) is 2. The first-order valence-electron chi connectivity index (χ1n) is 5.44. The third-order valence-electron chi connectivity index (χ3n) is 2.43. The Kier molecular flexibility index (Phi) is 7.08. The molecule has 0 saturated carbocycles. The lowest BCUT2D eigenvalue weighted by atomic mass is 10.2. The third kappa shape index (κ3) is 5.36. The highest BCUT2D eigenvalue weighted by Gasteiger charge is 2.08. The van der Waals surface area contributed by atoms with Gasteiger partial charge in [0.25, 0.3) is 0 Å². The molecule has 2 N–H and O–H groups in total. The predicted molar refractivity (Wildman–Crippen MR) is 73.4 cm³/mol. The van der Waals surface area contributed by atoms with Gasteiger partial charge in [-0.15, -0.1) is 0 Å². The van der Waals surface area contributed by atoms with E-state index in [-0.39, 0.29) is 12.6 Å². The Balaban J connectivity index is 2.55. The second-order valence-corrected chi connectivity index (χ2v) is 5.10. The highest BCUT2D eigenvalue weighted by molar-refractivity contribution is 9.10. The first kappa shape index (κ1) is 14.9. The van der Waals surface area contributed by atoms with Crippen LogP contribution in [0.5, 0.6) is 0 Å². The van der Waals surface area contributed by atoms with E-state index >= 15 is 0 Å². The minimum atomic E-state index is 0.139. The summed E-state index contributed by atoms with van der Waals surface area (Å²) in [5, 5.41) is 13.0. The molecule has 96 valence electrons. The van der Waals surface area contributed by atoms with Crippen LogP contribution in [0, 0.1) is 0 Å². The van der Waals surface area contributed by atoms with Gasteiger partial charge in [-0.05, 0) is 30.2 Å². The number of methoxy groups -OCH3 is 1. The number of rotatable bonds is 7. The summed E-state index contributed by atoms with van der Waals surface area (Å²) in [6.45, 7) is 1.38. The SMILES string of the molecule is COCC(CCO)NCc1cc(Br)ccc1Cl. The minimum absolute atomic E-state index is 0.139. The van der Waals surface area contributed by atoms with Crippen LogP contribution >= 0.6 is 27.5 Å². The van der Waals surface area contributed by atoms with Crippen molar-refractivity contribution >= 4 is 27.5 Å². The van der Waals surface area contributed by atoms with Crippen LogP contribution in [-0.2, 0) is 11.3 Å². The monoisotopic (exact) mass is 321 g/mol. The minimum Gasteiger partial charge on any atom is -0.396 e. The molecule has 0 spiro atoms. The lowest BCUT2D eigenvalue weighted by Gasteiger charge is -2.17. The lowest BCUT2D eigenvalue weighted by molar-refractivity contribution is 0.148. The summed E-state index contributed by atoms with van der Waals surface area (Å²) >= 11 is 9.51. The van der Waals surface area contributed by atoms with Crippen LogP contribution in [0.25, 0.3) is 0 Å². The Morgan fingerprint density at radius 3 is 2.94 bits per heavy atom. The smallest absolute Gasteiger partial charge is 0.0616 e. The average molecular weight is 323 g/mol. The van der Waals surface area contributed by atoms with E-state index in [1.165, 1.54) is 0 Å². The molecule has 17 heavy (non-hydrogen) atoms. The molecule has 0 aliphatic carbocycles. The Morgan fingerprint density at radius 2 is 2.29 bits per heavy atom. The van der Waals surface area contributed by atoms with Crippen molar-refractivity contribution < 1.29 is 9.84 Å². The van der Waals surface area contributed by atoms with Crippen molar-refractivity contribution in [2.45, 2.75) is 19.0 Å². The van der Waals surface area contributed by atoms with E-state index in [4.69, 9.17) is 21.4 Å². The number of hydrogen-bond acceptors (Lipinski definition) is 3. The van der Waals surface area contributed by atoms with Crippen molar-refractivity contribution in [1.82, 2.24) is 5.32 Å². The molecular weight excluding hydrogens is 305 g/mol. The van der Waals surface area contributed by atoms with Crippen LogP contribution in [0.1, 0.15) is 12.0 Å². The normalized spacial score (nSPS) is 12.7. The predicted octanol–water partition coefficient (Wildman–Crippen LogP) is 2.59. The molecule has 1 unspecified atom stereocenters. The fourth-order valence-corrected chi connectivity index (χ4v) is 2.13. The zero-order chi connectivity index (χ0) is 12.7. The lowest BCUT2D eigenvalue weighted by Crippen LogP contribution is -2.33. The molecule has 0 amide bonds. The van der Waals surface area contributed by atoms with Gasteiger partial charge in [-0.3, -0.25) is 0 Å². The zero-order valence-corrected chi connectivity index (χ0v) is 12.1. The number of aliphatic hydroxyl groups excluding tert-OH is 1. The van der Waals surface area contributed by atoms with Gasteiger partial charge in [0.2, 0.25) is 0 Å². The number of aliphatic hydroxyl groups is 1. The van der Waals surface area contributed by atoms with Crippen LogP contribution in [0.3, 0.4) is 0 Å². The molecular formula is C12H17BrClNO2. The molecule has 1 rings (SSSR count). The molecule has 0 aliphatic rings. The zero-order valence-electron chi connectivity index (χ0n) is 9.75. The average Bonchev–Trinajstić information content (AvgIpc) is 2.30. The summed E-state index contributed by atoms with van der Waals surface area (Å²) in [5.41, 5.74) is 1.03. The molecule has 1 aromatic carbocycles. The Morgan fingerprint density at radius 1 is 1.53 bits per heavy atom. The van der Waals surface area contributed by atoms with Crippen molar-refractivity contribution in [3.8, 4) is 0 Å². The number of halogens is 2. The maximum absolute atomic E-state index is 8.93. The van der Waals surface area contributed by atoms with Crippen molar-refractivity contribution in [2.24, 2.45) is 0 Å². The quantitative estimate of drug-likeness (QED) is 0.811. The molecule has 0 heterocycles. The number of benzene rings is 1. The topological polar surface area (TPSA) is 41.5 Å². The van der Waals surface area contributed by atoms with Crippen molar-refractivity contribution in [3.05, 3.63) is 33.3 Å². The molecule has 3 nitrogen and oxygen atoms in total. The van der Waals surface area contributed by atoms with Crippen molar-refractivity contribution in [1.29, 1.82) is 0 Å². The van der Waals surface area contributed by atoms with Crippen molar-refractivity contribution in [3.63, 3.8) is 0 Å². The molecule has 0 aliphatic heterocycles. The molecule has 1 aromatic rings. The second-order valence-electron chi connectivity index (χ2n) is 3.78. The van der Waals surface area contributed by atoms with Gasteiger partial charge in [0.15, 0.2) is 0 Å². The van der Waals surface area contributed by atoms with Gasteiger partial charge in [-0.1, -0.05) is 27.5 Å². The van der Waals surface area contributed by atoms with Gasteiger partial charge >= 0.3 is 0 Å². The molecule has 1 atom stereocenters. The van der Waals surface area contributed by atoms with E-state index < -0.39 is 0 Å². The van der Waals surface area contributed by atoms with Gasteiger partial charge in [0.1, 0.15) is 0 Å². The molecule has 5 heteroatoms. The van der Waals surface area contributed by atoms with Crippen LogP contribution < -0.4 is 5.32 Å². The van der Waals surface area contributed by atoms with Crippen LogP contribution in [0.4, 0.5) is 0 Å². The molecule has 0 fully saturated rings. The van der Waals surface area contributed by atoms with Gasteiger partial charge in [-0.25, -0.2) is 0 Å². The number of nitrogens with one attached hydrogen (secondary N) is 1. The van der Waals surface area contributed by atoms with Crippen molar-refractivity contribution in [2.75, 3.05) is 20.3 Å². The summed E-state index contributed by atoms with van der Waals surface area (Å²) in [4.78, 5) is 0. The van der Waals surface area contributed by atoms with Gasteiger partial charge in [-0.2, -0.15) is 0 Å².